The number of alkyl halides is 1. The van der Waals surface area contributed by atoms with Crippen molar-refractivity contribution in [1.82, 2.24) is 10.2 Å². The van der Waals surface area contributed by atoms with Crippen LogP contribution in [0.3, 0.4) is 0 Å². The van der Waals surface area contributed by atoms with E-state index in [0.717, 1.165) is 11.8 Å². The summed E-state index contributed by atoms with van der Waals surface area (Å²) in [6, 6.07) is -0.184. The number of hydrogen-bond donors (Lipinski definition) is 2. The third-order valence-electron chi connectivity index (χ3n) is 1.55. The maximum absolute atomic E-state index is 11.3. The lowest BCUT2D eigenvalue weighted by atomic mass is 10.4. The topological polar surface area (TPSA) is 56.2 Å². The SMILES string of the molecule is CCN(C(C)=N)C(=O)NCCCBr. The highest BCUT2D eigenvalue weighted by Crippen LogP contribution is 1.91. The van der Waals surface area contributed by atoms with Gasteiger partial charge in [-0.1, -0.05) is 15.9 Å². The van der Waals surface area contributed by atoms with Crippen molar-refractivity contribution in [1.29, 1.82) is 5.41 Å². The number of nitrogens with zero attached hydrogens (tertiary/aromatic N) is 1. The van der Waals surface area contributed by atoms with Crippen LogP contribution in [0.25, 0.3) is 0 Å². The van der Waals surface area contributed by atoms with E-state index in [1.54, 1.807) is 6.92 Å². The Morgan fingerprint density at radius 3 is 2.62 bits per heavy atom. The molecule has 0 aliphatic heterocycles. The fraction of sp³-hybridized carbons (Fsp3) is 0.750. The molecule has 4 nitrogen and oxygen atoms in total. The van der Waals surface area contributed by atoms with Gasteiger partial charge in [0.1, 0.15) is 5.84 Å². The van der Waals surface area contributed by atoms with Crippen LogP contribution < -0.4 is 5.32 Å². The number of hydrogen-bond acceptors (Lipinski definition) is 2. The Hall–Kier alpha value is -0.580. The van der Waals surface area contributed by atoms with E-state index in [2.05, 4.69) is 21.2 Å². The van der Waals surface area contributed by atoms with Crippen molar-refractivity contribution in [2.45, 2.75) is 20.3 Å². The largest absolute Gasteiger partial charge is 0.338 e. The van der Waals surface area contributed by atoms with Crippen LogP contribution in [0, 0.1) is 5.41 Å². The molecule has 13 heavy (non-hydrogen) atoms. The van der Waals surface area contributed by atoms with Crippen LogP contribution in [-0.4, -0.2) is 35.2 Å². The van der Waals surface area contributed by atoms with E-state index >= 15 is 0 Å². The van der Waals surface area contributed by atoms with Crippen LogP contribution in [0.1, 0.15) is 20.3 Å². The van der Waals surface area contributed by atoms with Gasteiger partial charge in [0, 0.05) is 18.4 Å². The van der Waals surface area contributed by atoms with Crippen molar-refractivity contribution in [3.63, 3.8) is 0 Å². The maximum Gasteiger partial charge on any atom is 0.322 e. The molecule has 2 amide bonds. The van der Waals surface area contributed by atoms with Crippen molar-refractivity contribution in [3.05, 3.63) is 0 Å². The first-order chi connectivity index (χ1) is 6.13. The lowest BCUT2D eigenvalue weighted by Gasteiger charge is -2.19. The van der Waals surface area contributed by atoms with E-state index in [0.29, 0.717) is 13.1 Å². The van der Waals surface area contributed by atoms with Gasteiger partial charge in [-0.3, -0.25) is 10.3 Å². The van der Waals surface area contributed by atoms with E-state index in [4.69, 9.17) is 5.41 Å². The predicted molar refractivity (Wildman–Crippen MR) is 57.6 cm³/mol. The molecule has 5 heteroatoms. The van der Waals surface area contributed by atoms with E-state index in [-0.39, 0.29) is 11.9 Å². The first-order valence-corrected chi connectivity index (χ1v) is 5.42. The maximum atomic E-state index is 11.3. The molecule has 0 radical (unpaired) electrons. The molecule has 2 N–H and O–H groups in total. The number of amidine groups is 1. The molecule has 0 fully saturated rings. The molecule has 0 rings (SSSR count). The molecular weight excluding hydrogens is 234 g/mol. The van der Waals surface area contributed by atoms with E-state index < -0.39 is 0 Å². The summed E-state index contributed by atoms with van der Waals surface area (Å²) in [4.78, 5) is 12.7. The second-order valence-corrected chi connectivity index (χ2v) is 3.40. The van der Waals surface area contributed by atoms with Crippen molar-refractivity contribution in [3.8, 4) is 0 Å². The predicted octanol–water partition coefficient (Wildman–Crippen LogP) is 1.80. The second kappa shape index (κ2) is 6.88. The van der Waals surface area contributed by atoms with Crippen LogP contribution in [0.4, 0.5) is 4.79 Å². The fourth-order valence-corrected chi connectivity index (χ4v) is 1.17. The molecule has 0 unspecified atom stereocenters. The minimum atomic E-state index is -0.184. The molecule has 0 heterocycles. The van der Waals surface area contributed by atoms with Gasteiger partial charge in [0.05, 0.1) is 0 Å². The Bertz CT molecular complexity index is 184. The number of carbonyl (C=O) groups excluding carboxylic acids is 1. The van der Waals surface area contributed by atoms with Gasteiger partial charge >= 0.3 is 6.03 Å². The molecule has 0 aromatic heterocycles. The van der Waals surface area contributed by atoms with Gasteiger partial charge in [-0.15, -0.1) is 0 Å². The summed E-state index contributed by atoms with van der Waals surface area (Å²) < 4.78 is 0. The third-order valence-corrected chi connectivity index (χ3v) is 2.11. The lowest BCUT2D eigenvalue weighted by Crippen LogP contribution is -2.42. The molecule has 0 bridgehead atoms. The number of rotatable bonds is 4. The zero-order valence-corrected chi connectivity index (χ0v) is 9.65. The standard InChI is InChI=1S/C8H16BrN3O/c1-3-12(7(2)10)8(13)11-6-4-5-9/h10H,3-6H2,1-2H3,(H,11,13). The Morgan fingerprint density at radius 2 is 2.23 bits per heavy atom. The average molecular weight is 250 g/mol. The zero-order valence-electron chi connectivity index (χ0n) is 8.06. The van der Waals surface area contributed by atoms with Gasteiger partial charge in [-0.25, -0.2) is 4.79 Å². The lowest BCUT2D eigenvalue weighted by molar-refractivity contribution is 0.222. The fourth-order valence-electron chi connectivity index (χ4n) is 0.891. The van der Waals surface area contributed by atoms with Gasteiger partial charge in [0.2, 0.25) is 0 Å². The molecule has 0 aromatic rings. The Kier molecular flexibility index (Phi) is 6.58. The summed E-state index contributed by atoms with van der Waals surface area (Å²) in [6.45, 7) is 4.64. The highest BCUT2D eigenvalue weighted by Gasteiger charge is 2.11. The highest BCUT2D eigenvalue weighted by atomic mass is 79.9. The van der Waals surface area contributed by atoms with Crippen LogP contribution in [0.2, 0.25) is 0 Å². The monoisotopic (exact) mass is 249 g/mol. The Labute approximate surface area is 87.3 Å². The van der Waals surface area contributed by atoms with E-state index in [9.17, 15) is 4.79 Å². The summed E-state index contributed by atoms with van der Waals surface area (Å²) in [7, 11) is 0. The number of halogens is 1. The molecule has 0 saturated carbocycles. The molecule has 0 aliphatic carbocycles. The molecule has 0 atom stereocenters. The first kappa shape index (κ1) is 12.4. The molecule has 76 valence electrons. The molecule has 0 saturated heterocycles. The van der Waals surface area contributed by atoms with Crippen molar-refractivity contribution < 1.29 is 4.79 Å². The van der Waals surface area contributed by atoms with Gasteiger partial charge in [0.25, 0.3) is 0 Å². The van der Waals surface area contributed by atoms with Crippen LogP contribution in [-0.2, 0) is 0 Å². The summed E-state index contributed by atoms with van der Waals surface area (Å²) >= 11 is 3.28. The summed E-state index contributed by atoms with van der Waals surface area (Å²) in [5.74, 6) is 0.277. The molecule has 0 spiro atoms. The Morgan fingerprint density at radius 1 is 1.62 bits per heavy atom. The van der Waals surface area contributed by atoms with Gasteiger partial charge in [0.15, 0.2) is 0 Å². The molecule has 0 aromatic carbocycles. The smallest absolute Gasteiger partial charge is 0.322 e. The van der Waals surface area contributed by atoms with Gasteiger partial charge < -0.3 is 5.32 Å². The number of carbonyl (C=O) groups is 1. The summed E-state index contributed by atoms with van der Waals surface area (Å²) in [5.41, 5.74) is 0. The van der Waals surface area contributed by atoms with Crippen molar-refractivity contribution in [2.75, 3.05) is 18.4 Å². The third kappa shape index (κ3) is 4.87. The van der Waals surface area contributed by atoms with Crippen molar-refractivity contribution >= 4 is 27.8 Å². The summed E-state index contributed by atoms with van der Waals surface area (Å²) in [6.07, 6.45) is 0.903. The normalized spacial score (nSPS) is 9.46. The van der Waals surface area contributed by atoms with Gasteiger partial charge in [-0.05, 0) is 20.3 Å². The highest BCUT2D eigenvalue weighted by molar-refractivity contribution is 9.09. The van der Waals surface area contributed by atoms with E-state index in [1.165, 1.54) is 4.90 Å². The van der Waals surface area contributed by atoms with Crippen molar-refractivity contribution in [2.24, 2.45) is 0 Å². The molecular formula is C8H16BrN3O. The van der Waals surface area contributed by atoms with Crippen LogP contribution >= 0.6 is 15.9 Å². The number of urea groups is 1. The van der Waals surface area contributed by atoms with Crippen LogP contribution in [0.15, 0.2) is 0 Å². The van der Waals surface area contributed by atoms with Crippen LogP contribution in [0.5, 0.6) is 0 Å². The number of nitrogens with one attached hydrogen (secondary N) is 2. The number of amides is 2. The van der Waals surface area contributed by atoms with E-state index in [1.807, 2.05) is 6.92 Å². The minimum absolute atomic E-state index is 0.184. The minimum Gasteiger partial charge on any atom is -0.338 e. The van der Waals surface area contributed by atoms with Gasteiger partial charge in [-0.2, -0.15) is 0 Å². The summed E-state index contributed by atoms with van der Waals surface area (Å²) in [5, 5.41) is 10.9. The Balaban J connectivity index is 3.85. The second-order valence-electron chi connectivity index (χ2n) is 2.60. The first-order valence-electron chi connectivity index (χ1n) is 4.30. The quantitative estimate of drug-likeness (QED) is 0.340. The zero-order chi connectivity index (χ0) is 10.3. The molecule has 0 aliphatic rings. The average Bonchev–Trinajstić information content (AvgIpc) is 2.05.